The summed E-state index contributed by atoms with van der Waals surface area (Å²) in [5, 5.41) is 18.8. The molecule has 4 aromatic rings. The molecular weight excluding hydrogens is 375 g/mol. The molecular formula is C20H17FN6O2. The summed E-state index contributed by atoms with van der Waals surface area (Å²) in [5.41, 5.74) is 7.78. The Morgan fingerprint density at radius 1 is 1.21 bits per heavy atom. The summed E-state index contributed by atoms with van der Waals surface area (Å²) in [5.74, 6) is 0.215. The molecule has 0 bridgehead atoms. The molecule has 3 N–H and O–H groups in total. The molecule has 8 nitrogen and oxygen atoms in total. The first-order chi connectivity index (χ1) is 14.0. The van der Waals surface area contributed by atoms with Crippen LogP contribution in [0.4, 0.5) is 10.2 Å². The van der Waals surface area contributed by atoms with Crippen molar-refractivity contribution in [3.8, 4) is 22.9 Å². The third-order valence-electron chi connectivity index (χ3n) is 5.03. The summed E-state index contributed by atoms with van der Waals surface area (Å²) >= 11 is 0. The Balaban J connectivity index is 1.56. The van der Waals surface area contributed by atoms with E-state index in [0.29, 0.717) is 46.9 Å². The highest BCUT2D eigenvalue weighted by molar-refractivity contribution is 5.63. The Bertz CT molecular complexity index is 1180. The fourth-order valence-electron chi connectivity index (χ4n) is 3.25. The molecule has 1 aliphatic rings. The van der Waals surface area contributed by atoms with Gasteiger partial charge in [-0.05, 0) is 25.0 Å². The van der Waals surface area contributed by atoms with Crippen molar-refractivity contribution in [1.82, 2.24) is 24.9 Å². The van der Waals surface area contributed by atoms with Gasteiger partial charge in [-0.25, -0.2) is 14.4 Å². The first kappa shape index (κ1) is 17.5. The number of rotatable bonds is 5. The van der Waals surface area contributed by atoms with Crippen molar-refractivity contribution in [2.75, 3.05) is 5.73 Å². The highest BCUT2D eigenvalue weighted by atomic mass is 19.1. The molecule has 0 atom stereocenters. The highest BCUT2D eigenvalue weighted by Crippen LogP contribution is 2.46. The Morgan fingerprint density at radius 2 is 2.03 bits per heavy atom. The second kappa shape index (κ2) is 6.49. The average Bonchev–Trinajstić information content (AvgIpc) is 3.11. The summed E-state index contributed by atoms with van der Waals surface area (Å²) in [6, 6.07) is 9.95. The maximum absolute atomic E-state index is 14.2. The maximum atomic E-state index is 14.2. The highest BCUT2D eigenvalue weighted by Gasteiger charge is 2.44. The van der Waals surface area contributed by atoms with Crippen LogP contribution in [0.5, 0.6) is 0 Å². The van der Waals surface area contributed by atoms with Crippen LogP contribution in [-0.4, -0.2) is 30.0 Å². The average molecular weight is 392 g/mol. The zero-order valence-electron chi connectivity index (χ0n) is 15.3. The number of anilines is 1. The SMILES string of the molecule is Nc1nc(-c2cc(-c3ccon3)n(Cc3ccccc3F)n2)ncc1C1(O)CC1. The van der Waals surface area contributed by atoms with Crippen LogP contribution in [0.25, 0.3) is 22.9 Å². The largest absolute Gasteiger partial charge is 0.385 e. The zero-order chi connectivity index (χ0) is 20.0. The number of nitrogens with two attached hydrogens (primary N) is 1. The topological polar surface area (TPSA) is 116 Å². The van der Waals surface area contributed by atoms with Gasteiger partial charge in [0.05, 0.1) is 17.8 Å². The van der Waals surface area contributed by atoms with Crippen molar-refractivity contribution in [2.45, 2.75) is 25.0 Å². The molecule has 0 unspecified atom stereocenters. The van der Waals surface area contributed by atoms with E-state index >= 15 is 0 Å². The van der Waals surface area contributed by atoms with Crippen LogP contribution in [0, 0.1) is 5.82 Å². The molecule has 1 aliphatic carbocycles. The van der Waals surface area contributed by atoms with Gasteiger partial charge in [-0.2, -0.15) is 5.10 Å². The van der Waals surface area contributed by atoms with E-state index in [0.717, 1.165) is 0 Å². The fraction of sp³-hybridized carbons (Fsp3) is 0.200. The quantitative estimate of drug-likeness (QED) is 0.536. The van der Waals surface area contributed by atoms with Gasteiger partial charge < -0.3 is 15.4 Å². The molecule has 0 saturated heterocycles. The molecule has 0 spiro atoms. The smallest absolute Gasteiger partial charge is 0.182 e. The minimum Gasteiger partial charge on any atom is -0.385 e. The van der Waals surface area contributed by atoms with Crippen LogP contribution in [0.3, 0.4) is 0 Å². The van der Waals surface area contributed by atoms with Gasteiger partial charge in [-0.1, -0.05) is 23.4 Å². The molecule has 1 aromatic carbocycles. The third kappa shape index (κ3) is 3.15. The Hall–Kier alpha value is -3.59. The lowest BCUT2D eigenvalue weighted by atomic mass is 10.1. The van der Waals surface area contributed by atoms with Gasteiger partial charge >= 0.3 is 0 Å². The zero-order valence-corrected chi connectivity index (χ0v) is 15.3. The maximum Gasteiger partial charge on any atom is 0.182 e. The van der Waals surface area contributed by atoms with E-state index in [1.165, 1.54) is 18.5 Å². The van der Waals surface area contributed by atoms with Gasteiger partial charge in [0.25, 0.3) is 0 Å². The molecule has 0 aliphatic heterocycles. The van der Waals surface area contributed by atoms with Crippen molar-refractivity contribution >= 4 is 5.82 Å². The Kier molecular flexibility index (Phi) is 3.92. The minimum absolute atomic E-state index is 0.197. The Morgan fingerprint density at radius 3 is 2.72 bits per heavy atom. The summed E-state index contributed by atoms with van der Waals surface area (Å²) in [4.78, 5) is 8.65. The third-order valence-corrected chi connectivity index (χ3v) is 5.03. The van der Waals surface area contributed by atoms with Crippen LogP contribution in [0.2, 0.25) is 0 Å². The van der Waals surface area contributed by atoms with Gasteiger partial charge in [0.15, 0.2) is 5.82 Å². The predicted molar refractivity (Wildman–Crippen MR) is 102 cm³/mol. The molecule has 1 fully saturated rings. The lowest BCUT2D eigenvalue weighted by Gasteiger charge is -2.10. The molecule has 5 rings (SSSR count). The fourth-order valence-corrected chi connectivity index (χ4v) is 3.25. The number of nitrogen functional groups attached to an aromatic ring is 1. The van der Waals surface area contributed by atoms with E-state index in [2.05, 4.69) is 20.2 Å². The summed E-state index contributed by atoms with van der Waals surface area (Å²) in [6.45, 7) is 0.197. The van der Waals surface area contributed by atoms with Crippen LogP contribution in [0.15, 0.2) is 53.4 Å². The number of halogens is 1. The predicted octanol–water partition coefficient (Wildman–Crippen LogP) is 2.75. The van der Waals surface area contributed by atoms with Crippen molar-refractivity contribution < 1.29 is 14.0 Å². The number of hydrogen-bond donors (Lipinski definition) is 2. The van der Waals surface area contributed by atoms with Crippen LogP contribution >= 0.6 is 0 Å². The molecule has 0 radical (unpaired) electrons. The van der Waals surface area contributed by atoms with Crippen LogP contribution in [-0.2, 0) is 12.1 Å². The number of benzene rings is 1. The Labute approximate surface area is 164 Å². The van der Waals surface area contributed by atoms with Crippen molar-refractivity contribution in [3.05, 3.63) is 65.8 Å². The van der Waals surface area contributed by atoms with E-state index in [1.807, 2.05) is 0 Å². The van der Waals surface area contributed by atoms with Crippen LogP contribution < -0.4 is 5.73 Å². The van der Waals surface area contributed by atoms with Gasteiger partial charge in [0.1, 0.15) is 29.3 Å². The normalized spacial score (nSPS) is 14.8. The van der Waals surface area contributed by atoms with E-state index in [9.17, 15) is 9.50 Å². The molecule has 146 valence electrons. The van der Waals surface area contributed by atoms with E-state index in [-0.39, 0.29) is 18.2 Å². The standard InChI is InChI=1S/C20H17FN6O2/c21-14-4-2-1-3-12(14)11-27-17(15-5-8-29-26-15)9-16(25-27)19-23-10-13(18(22)24-19)20(28)6-7-20/h1-5,8-10,28H,6-7,11H2,(H2,22,23,24). The van der Waals surface area contributed by atoms with E-state index in [1.54, 1.807) is 35.0 Å². The summed E-state index contributed by atoms with van der Waals surface area (Å²) in [6.07, 6.45) is 4.28. The molecule has 9 heteroatoms. The molecule has 3 aromatic heterocycles. The number of nitrogens with zero attached hydrogens (tertiary/aromatic N) is 5. The van der Waals surface area contributed by atoms with Crippen molar-refractivity contribution in [3.63, 3.8) is 0 Å². The van der Waals surface area contributed by atoms with Crippen molar-refractivity contribution in [2.24, 2.45) is 0 Å². The first-order valence-electron chi connectivity index (χ1n) is 9.11. The van der Waals surface area contributed by atoms with E-state index < -0.39 is 5.60 Å². The van der Waals surface area contributed by atoms with Gasteiger partial charge in [0, 0.05) is 23.4 Å². The molecule has 0 amide bonds. The van der Waals surface area contributed by atoms with Crippen LogP contribution in [0.1, 0.15) is 24.0 Å². The molecule has 1 saturated carbocycles. The van der Waals surface area contributed by atoms with Crippen molar-refractivity contribution in [1.29, 1.82) is 0 Å². The summed E-state index contributed by atoms with van der Waals surface area (Å²) < 4.78 is 20.7. The number of hydrogen-bond acceptors (Lipinski definition) is 7. The minimum atomic E-state index is -0.918. The number of aliphatic hydroxyl groups is 1. The first-order valence-corrected chi connectivity index (χ1v) is 9.11. The lowest BCUT2D eigenvalue weighted by molar-refractivity contribution is 0.151. The number of aromatic nitrogens is 5. The second-order valence-electron chi connectivity index (χ2n) is 7.07. The monoisotopic (exact) mass is 392 g/mol. The van der Waals surface area contributed by atoms with Gasteiger partial charge in [0.2, 0.25) is 0 Å². The molecule has 29 heavy (non-hydrogen) atoms. The summed E-state index contributed by atoms with van der Waals surface area (Å²) in [7, 11) is 0. The van der Waals surface area contributed by atoms with Gasteiger partial charge in [-0.15, -0.1) is 0 Å². The van der Waals surface area contributed by atoms with Gasteiger partial charge in [-0.3, -0.25) is 4.68 Å². The van der Waals surface area contributed by atoms with E-state index in [4.69, 9.17) is 10.3 Å². The second-order valence-corrected chi connectivity index (χ2v) is 7.07. The molecule has 3 heterocycles. The lowest BCUT2D eigenvalue weighted by Crippen LogP contribution is -2.11.